The molecular formula is C13H17FO3. The van der Waals surface area contributed by atoms with Gasteiger partial charge in [-0.15, -0.1) is 0 Å². The number of carboxylic acids is 1. The summed E-state index contributed by atoms with van der Waals surface area (Å²) in [5, 5.41) is 8.89. The van der Waals surface area contributed by atoms with Gasteiger partial charge in [-0.05, 0) is 24.0 Å². The zero-order chi connectivity index (χ0) is 13.1. The summed E-state index contributed by atoms with van der Waals surface area (Å²) in [6, 6.07) is 4.02. The van der Waals surface area contributed by atoms with Gasteiger partial charge in [-0.1, -0.05) is 26.8 Å². The molecule has 0 aromatic heterocycles. The van der Waals surface area contributed by atoms with E-state index in [1.54, 1.807) is 0 Å². The zero-order valence-corrected chi connectivity index (χ0v) is 10.3. The lowest BCUT2D eigenvalue weighted by Crippen LogP contribution is -2.13. The van der Waals surface area contributed by atoms with E-state index in [1.165, 1.54) is 12.1 Å². The van der Waals surface area contributed by atoms with Crippen molar-refractivity contribution in [3.8, 4) is 5.75 Å². The molecular weight excluding hydrogens is 223 g/mol. The Morgan fingerprint density at radius 2 is 2.06 bits per heavy atom. The van der Waals surface area contributed by atoms with Crippen LogP contribution in [0.5, 0.6) is 5.75 Å². The third-order valence-electron chi connectivity index (χ3n) is 2.30. The SMILES string of the molecule is CC(C)(C)CCOc1cccc(F)c1C(=O)O. The van der Waals surface area contributed by atoms with Crippen LogP contribution in [0, 0.1) is 11.2 Å². The van der Waals surface area contributed by atoms with Crippen LogP contribution in [0.25, 0.3) is 0 Å². The predicted octanol–water partition coefficient (Wildman–Crippen LogP) is 3.34. The second-order valence-electron chi connectivity index (χ2n) is 5.08. The molecule has 0 fully saturated rings. The summed E-state index contributed by atoms with van der Waals surface area (Å²) >= 11 is 0. The van der Waals surface area contributed by atoms with Crippen molar-refractivity contribution in [2.45, 2.75) is 27.2 Å². The lowest BCUT2D eigenvalue weighted by molar-refractivity contribution is 0.0686. The van der Waals surface area contributed by atoms with Crippen LogP contribution in [0.15, 0.2) is 18.2 Å². The summed E-state index contributed by atoms with van der Waals surface area (Å²) in [7, 11) is 0. The van der Waals surface area contributed by atoms with Crippen molar-refractivity contribution < 1.29 is 19.0 Å². The van der Waals surface area contributed by atoms with Gasteiger partial charge in [0.25, 0.3) is 0 Å². The first-order valence-electron chi connectivity index (χ1n) is 5.46. The second-order valence-corrected chi connectivity index (χ2v) is 5.08. The molecule has 0 atom stereocenters. The van der Waals surface area contributed by atoms with Gasteiger partial charge in [0.1, 0.15) is 17.1 Å². The fraction of sp³-hybridized carbons (Fsp3) is 0.462. The highest BCUT2D eigenvalue weighted by molar-refractivity contribution is 5.91. The number of carboxylic acid groups (broad SMARTS) is 1. The van der Waals surface area contributed by atoms with Gasteiger partial charge in [-0.2, -0.15) is 0 Å². The van der Waals surface area contributed by atoms with Crippen molar-refractivity contribution in [3.63, 3.8) is 0 Å². The van der Waals surface area contributed by atoms with Crippen molar-refractivity contribution in [2.24, 2.45) is 5.41 Å². The van der Waals surface area contributed by atoms with Gasteiger partial charge in [-0.3, -0.25) is 0 Å². The minimum absolute atomic E-state index is 0.0850. The Balaban J connectivity index is 2.78. The van der Waals surface area contributed by atoms with Crippen molar-refractivity contribution in [3.05, 3.63) is 29.6 Å². The molecule has 1 aromatic carbocycles. The van der Waals surface area contributed by atoms with E-state index < -0.39 is 17.3 Å². The Morgan fingerprint density at radius 1 is 1.41 bits per heavy atom. The maximum absolute atomic E-state index is 13.3. The zero-order valence-electron chi connectivity index (χ0n) is 10.3. The van der Waals surface area contributed by atoms with Crippen LogP contribution in [-0.2, 0) is 0 Å². The molecule has 0 radical (unpaired) electrons. The number of carbonyl (C=O) groups is 1. The van der Waals surface area contributed by atoms with Crippen molar-refractivity contribution in [2.75, 3.05) is 6.61 Å². The number of hydrogen-bond donors (Lipinski definition) is 1. The average Bonchev–Trinajstić information content (AvgIpc) is 2.14. The van der Waals surface area contributed by atoms with E-state index in [9.17, 15) is 9.18 Å². The van der Waals surface area contributed by atoms with E-state index in [2.05, 4.69) is 20.8 Å². The van der Waals surface area contributed by atoms with Crippen molar-refractivity contribution in [1.29, 1.82) is 0 Å². The lowest BCUT2D eigenvalue weighted by atomic mass is 9.93. The Labute approximate surface area is 100 Å². The van der Waals surface area contributed by atoms with Crippen LogP contribution >= 0.6 is 0 Å². The summed E-state index contributed by atoms with van der Waals surface area (Å²) in [5.41, 5.74) is -0.308. The van der Waals surface area contributed by atoms with Crippen molar-refractivity contribution in [1.82, 2.24) is 0 Å². The molecule has 0 aliphatic heterocycles. The molecule has 0 amide bonds. The maximum atomic E-state index is 13.3. The van der Waals surface area contributed by atoms with Gasteiger partial charge in [0.05, 0.1) is 6.61 Å². The molecule has 0 saturated carbocycles. The number of aromatic carboxylic acids is 1. The predicted molar refractivity (Wildman–Crippen MR) is 62.9 cm³/mol. The van der Waals surface area contributed by atoms with Crippen LogP contribution in [0.2, 0.25) is 0 Å². The van der Waals surface area contributed by atoms with E-state index in [-0.39, 0.29) is 11.2 Å². The van der Waals surface area contributed by atoms with Gasteiger partial charge >= 0.3 is 5.97 Å². The van der Waals surface area contributed by atoms with E-state index in [0.717, 1.165) is 12.5 Å². The number of benzene rings is 1. The molecule has 0 spiro atoms. The van der Waals surface area contributed by atoms with Crippen LogP contribution in [0.1, 0.15) is 37.6 Å². The molecule has 17 heavy (non-hydrogen) atoms. The monoisotopic (exact) mass is 240 g/mol. The molecule has 0 saturated heterocycles. The quantitative estimate of drug-likeness (QED) is 0.878. The van der Waals surface area contributed by atoms with Crippen molar-refractivity contribution >= 4 is 5.97 Å². The summed E-state index contributed by atoms with van der Waals surface area (Å²) in [4.78, 5) is 10.9. The fourth-order valence-electron chi connectivity index (χ4n) is 1.30. The highest BCUT2D eigenvalue weighted by Gasteiger charge is 2.17. The molecule has 0 aliphatic rings. The minimum atomic E-state index is -1.31. The molecule has 0 bridgehead atoms. The Bertz CT molecular complexity index is 408. The van der Waals surface area contributed by atoms with Crippen LogP contribution in [0.3, 0.4) is 0 Å². The molecule has 1 aromatic rings. The first kappa shape index (κ1) is 13.5. The minimum Gasteiger partial charge on any atom is -0.493 e. The largest absolute Gasteiger partial charge is 0.493 e. The van der Waals surface area contributed by atoms with E-state index in [0.29, 0.717) is 6.61 Å². The normalized spacial score (nSPS) is 11.3. The first-order chi connectivity index (χ1) is 7.81. The Morgan fingerprint density at radius 3 is 2.59 bits per heavy atom. The van der Waals surface area contributed by atoms with E-state index >= 15 is 0 Å². The van der Waals surface area contributed by atoms with E-state index in [4.69, 9.17) is 9.84 Å². The molecule has 1 N–H and O–H groups in total. The average molecular weight is 240 g/mol. The van der Waals surface area contributed by atoms with Gasteiger partial charge in [0, 0.05) is 0 Å². The van der Waals surface area contributed by atoms with Gasteiger partial charge in [0.2, 0.25) is 0 Å². The third-order valence-corrected chi connectivity index (χ3v) is 2.30. The Kier molecular flexibility index (Phi) is 4.10. The molecule has 0 heterocycles. The molecule has 0 unspecified atom stereocenters. The maximum Gasteiger partial charge on any atom is 0.342 e. The molecule has 94 valence electrons. The van der Waals surface area contributed by atoms with Gasteiger partial charge < -0.3 is 9.84 Å². The summed E-state index contributed by atoms with van der Waals surface area (Å²) in [6.45, 7) is 6.54. The fourth-order valence-corrected chi connectivity index (χ4v) is 1.30. The lowest BCUT2D eigenvalue weighted by Gasteiger charge is -2.18. The molecule has 4 heteroatoms. The molecule has 1 rings (SSSR count). The standard InChI is InChI=1S/C13H17FO3/c1-13(2,3)7-8-17-10-6-4-5-9(14)11(10)12(15)16/h4-6H,7-8H2,1-3H3,(H,15,16). The number of ether oxygens (including phenoxy) is 1. The van der Waals surface area contributed by atoms with Crippen LogP contribution in [-0.4, -0.2) is 17.7 Å². The highest BCUT2D eigenvalue weighted by atomic mass is 19.1. The number of halogens is 1. The van der Waals surface area contributed by atoms with Crippen LogP contribution in [0.4, 0.5) is 4.39 Å². The van der Waals surface area contributed by atoms with E-state index in [1.807, 2.05) is 0 Å². The number of rotatable bonds is 4. The summed E-state index contributed by atoms with van der Waals surface area (Å²) < 4.78 is 18.6. The molecule has 0 aliphatic carbocycles. The Hall–Kier alpha value is -1.58. The molecule has 3 nitrogen and oxygen atoms in total. The van der Waals surface area contributed by atoms with Gasteiger partial charge in [-0.25, -0.2) is 9.18 Å². The highest BCUT2D eigenvalue weighted by Crippen LogP contribution is 2.24. The summed E-state index contributed by atoms with van der Waals surface area (Å²) in [5.74, 6) is -2.00. The first-order valence-corrected chi connectivity index (χ1v) is 5.46. The smallest absolute Gasteiger partial charge is 0.342 e. The summed E-state index contributed by atoms with van der Waals surface area (Å²) in [6.07, 6.45) is 0.766. The van der Waals surface area contributed by atoms with Gasteiger partial charge in [0.15, 0.2) is 0 Å². The number of hydrogen-bond acceptors (Lipinski definition) is 2. The topological polar surface area (TPSA) is 46.5 Å². The second kappa shape index (κ2) is 5.17. The van der Waals surface area contributed by atoms with Crippen LogP contribution < -0.4 is 4.74 Å². The third kappa shape index (κ3) is 4.06.